The highest BCUT2D eigenvalue weighted by Gasteiger charge is 2.16. The Morgan fingerprint density at radius 2 is 1.58 bits per heavy atom. The molecular formula is C13H17N3O2S. The zero-order valence-electron chi connectivity index (χ0n) is 11.1. The molecule has 0 bridgehead atoms. The molecule has 19 heavy (non-hydrogen) atoms. The second-order valence-corrected chi connectivity index (χ2v) is 6.12. The highest BCUT2D eigenvalue weighted by Crippen LogP contribution is 2.21. The number of aromatic nitrogens is 1. The molecule has 0 aliphatic carbocycles. The topological polar surface area (TPSA) is 63.1 Å². The summed E-state index contributed by atoms with van der Waals surface area (Å²) in [5, 5.41) is 0. The first-order valence-electron chi connectivity index (χ1n) is 5.90. The summed E-state index contributed by atoms with van der Waals surface area (Å²) in [5.74, 6) is 0. The first-order chi connectivity index (χ1) is 8.95. The van der Waals surface area contributed by atoms with E-state index in [4.69, 9.17) is 0 Å². The number of para-hydroxylation sites is 1. The first kappa shape index (κ1) is 13.6. The number of hydrogen-bond donors (Lipinski definition) is 2. The molecule has 0 fully saturated rings. The van der Waals surface area contributed by atoms with Crippen LogP contribution in [-0.4, -0.2) is 20.1 Å². The maximum atomic E-state index is 12.0. The fraction of sp³-hybridized carbons (Fsp3) is 0.231. The molecule has 2 aromatic rings. The largest absolute Gasteiger partial charge is 0.293 e. The van der Waals surface area contributed by atoms with Gasteiger partial charge in [0.1, 0.15) is 4.90 Å². The Kier molecular flexibility index (Phi) is 3.64. The summed E-state index contributed by atoms with van der Waals surface area (Å²) < 4.78 is 28.1. The van der Waals surface area contributed by atoms with Gasteiger partial charge in [0.2, 0.25) is 10.0 Å². The van der Waals surface area contributed by atoms with E-state index in [9.17, 15) is 8.42 Å². The number of nitrogens with one attached hydrogen (secondary N) is 2. The molecule has 102 valence electrons. The predicted octanol–water partition coefficient (Wildman–Crippen LogP) is 1.89. The molecule has 0 aliphatic rings. The van der Waals surface area contributed by atoms with E-state index < -0.39 is 10.0 Å². The minimum atomic E-state index is -3.48. The summed E-state index contributed by atoms with van der Waals surface area (Å²) in [7, 11) is -2.08. The van der Waals surface area contributed by atoms with Gasteiger partial charge >= 0.3 is 0 Å². The Morgan fingerprint density at radius 3 is 2.16 bits per heavy atom. The molecule has 1 heterocycles. The van der Waals surface area contributed by atoms with Gasteiger partial charge in [-0.05, 0) is 45.2 Å². The van der Waals surface area contributed by atoms with Crippen molar-refractivity contribution in [1.82, 2.24) is 9.40 Å². The Balaban J connectivity index is 2.48. The zero-order chi connectivity index (χ0) is 14.0. The van der Waals surface area contributed by atoms with Gasteiger partial charge < -0.3 is 0 Å². The fourth-order valence-corrected chi connectivity index (χ4v) is 2.75. The Hall–Kier alpha value is -1.79. The molecule has 1 aromatic heterocycles. The van der Waals surface area contributed by atoms with Crippen molar-refractivity contribution in [1.29, 1.82) is 0 Å². The summed E-state index contributed by atoms with van der Waals surface area (Å²) in [6, 6.07) is 10.7. The molecule has 0 saturated heterocycles. The van der Waals surface area contributed by atoms with Crippen LogP contribution < -0.4 is 10.1 Å². The van der Waals surface area contributed by atoms with E-state index in [0.29, 0.717) is 5.69 Å². The van der Waals surface area contributed by atoms with Crippen LogP contribution in [-0.2, 0) is 10.0 Å². The van der Waals surface area contributed by atoms with E-state index >= 15 is 0 Å². The van der Waals surface area contributed by atoms with Crippen LogP contribution >= 0.6 is 0 Å². The summed E-state index contributed by atoms with van der Waals surface area (Å²) in [6.07, 6.45) is 0. The average Bonchev–Trinajstić information content (AvgIpc) is 2.71. The van der Waals surface area contributed by atoms with Crippen molar-refractivity contribution in [2.24, 2.45) is 0 Å². The standard InChI is InChI=1S/C13H17N3O2S/c1-10-8-9-11(2)16(10)15-12-6-4-5-7-13(12)19(17,18)14-3/h4-9,14-15H,1-3H3. The highest BCUT2D eigenvalue weighted by molar-refractivity contribution is 7.89. The molecule has 5 nitrogen and oxygen atoms in total. The summed E-state index contributed by atoms with van der Waals surface area (Å²) in [4.78, 5) is 0.227. The van der Waals surface area contributed by atoms with Gasteiger partial charge in [-0.3, -0.25) is 10.1 Å². The van der Waals surface area contributed by atoms with Crippen LogP contribution in [0.1, 0.15) is 11.4 Å². The van der Waals surface area contributed by atoms with Crippen molar-refractivity contribution in [3.63, 3.8) is 0 Å². The van der Waals surface area contributed by atoms with Crippen molar-refractivity contribution in [3.8, 4) is 0 Å². The quantitative estimate of drug-likeness (QED) is 0.898. The normalized spacial score (nSPS) is 11.5. The molecular weight excluding hydrogens is 262 g/mol. The van der Waals surface area contributed by atoms with Crippen LogP contribution in [0.25, 0.3) is 0 Å². The van der Waals surface area contributed by atoms with Crippen LogP contribution in [0.3, 0.4) is 0 Å². The molecule has 0 radical (unpaired) electrons. The second-order valence-electron chi connectivity index (χ2n) is 4.27. The minimum absolute atomic E-state index is 0.227. The number of benzene rings is 1. The minimum Gasteiger partial charge on any atom is -0.293 e. The number of hydrogen-bond acceptors (Lipinski definition) is 3. The fourth-order valence-electron chi connectivity index (χ4n) is 1.87. The molecule has 0 unspecified atom stereocenters. The van der Waals surface area contributed by atoms with Crippen LogP contribution in [0.15, 0.2) is 41.3 Å². The second kappa shape index (κ2) is 5.07. The maximum Gasteiger partial charge on any atom is 0.242 e. The Labute approximate surface area is 113 Å². The van der Waals surface area contributed by atoms with Crippen molar-refractivity contribution in [2.45, 2.75) is 18.7 Å². The molecule has 2 rings (SSSR count). The number of rotatable bonds is 4. The van der Waals surface area contributed by atoms with Crippen LogP contribution in [0.2, 0.25) is 0 Å². The van der Waals surface area contributed by atoms with Crippen molar-refractivity contribution < 1.29 is 8.42 Å². The third-order valence-corrected chi connectivity index (χ3v) is 4.42. The number of anilines is 1. The molecule has 0 aliphatic heterocycles. The van der Waals surface area contributed by atoms with Crippen molar-refractivity contribution in [3.05, 3.63) is 47.8 Å². The lowest BCUT2D eigenvalue weighted by Gasteiger charge is -2.15. The lowest BCUT2D eigenvalue weighted by atomic mass is 10.3. The third-order valence-electron chi connectivity index (χ3n) is 2.95. The van der Waals surface area contributed by atoms with Crippen molar-refractivity contribution in [2.75, 3.05) is 12.5 Å². The van der Waals surface area contributed by atoms with E-state index in [1.54, 1.807) is 24.3 Å². The molecule has 2 N–H and O–H groups in total. The van der Waals surface area contributed by atoms with Gasteiger partial charge in [0.15, 0.2) is 0 Å². The Morgan fingerprint density at radius 1 is 1.00 bits per heavy atom. The van der Waals surface area contributed by atoms with E-state index in [0.717, 1.165) is 11.4 Å². The van der Waals surface area contributed by atoms with E-state index in [1.807, 2.05) is 30.7 Å². The molecule has 1 aromatic carbocycles. The van der Waals surface area contributed by atoms with Gasteiger partial charge in [0.25, 0.3) is 0 Å². The summed E-state index contributed by atoms with van der Waals surface area (Å²) in [5.41, 5.74) is 5.68. The molecule has 6 heteroatoms. The van der Waals surface area contributed by atoms with Gasteiger partial charge in [-0.25, -0.2) is 13.1 Å². The van der Waals surface area contributed by atoms with Crippen LogP contribution in [0, 0.1) is 13.8 Å². The highest BCUT2D eigenvalue weighted by atomic mass is 32.2. The molecule has 0 atom stereocenters. The van der Waals surface area contributed by atoms with E-state index in [-0.39, 0.29) is 4.90 Å². The van der Waals surface area contributed by atoms with Crippen LogP contribution in [0.5, 0.6) is 0 Å². The third kappa shape index (κ3) is 2.64. The maximum absolute atomic E-state index is 12.0. The number of aryl methyl sites for hydroxylation is 2. The Bertz CT molecular complexity index is 670. The predicted molar refractivity (Wildman–Crippen MR) is 75.6 cm³/mol. The lowest BCUT2D eigenvalue weighted by molar-refractivity contribution is 0.588. The van der Waals surface area contributed by atoms with E-state index in [2.05, 4.69) is 10.1 Å². The van der Waals surface area contributed by atoms with E-state index in [1.165, 1.54) is 7.05 Å². The van der Waals surface area contributed by atoms with Gasteiger partial charge in [0.05, 0.1) is 5.69 Å². The average molecular weight is 279 g/mol. The summed E-state index contributed by atoms with van der Waals surface area (Å²) >= 11 is 0. The molecule has 0 amide bonds. The van der Waals surface area contributed by atoms with Gasteiger partial charge in [-0.2, -0.15) is 0 Å². The summed E-state index contributed by atoms with van der Waals surface area (Å²) in [6.45, 7) is 3.91. The molecule has 0 spiro atoms. The number of sulfonamides is 1. The lowest BCUT2D eigenvalue weighted by Crippen LogP contribution is -2.21. The first-order valence-corrected chi connectivity index (χ1v) is 7.38. The smallest absolute Gasteiger partial charge is 0.242 e. The van der Waals surface area contributed by atoms with Gasteiger partial charge in [-0.15, -0.1) is 0 Å². The monoisotopic (exact) mass is 279 g/mol. The van der Waals surface area contributed by atoms with Gasteiger partial charge in [-0.1, -0.05) is 12.1 Å². The zero-order valence-corrected chi connectivity index (χ0v) is 12.0. The molecule has 0 saturated carbocycles. The van der Waals surface area contributed by atoms with Gasteiger partial charge in [0, 0.05) is 11.4 Å². The SMILES string of the molecule is CNS(=O)(=O)c1ccccc1Nn1c(C)ccc1C. The number of nitrogens with zero attached hydrogens (tertiary/aromatic N) is 1. The van der Waals surface area contributed by atoms with Crippen molar-refractivity contribution >= 4 is 15.7 Å². The van der Waals surface area contributed by atoms with Crippen LogP contribution in [0.4, 0.5) is 5.69 Å².